The van der Waals surface area contributed by atoms with Gasteiger partial charge in [-0.15, -0.1) is 0 Å². The van der Waals surface area contributed by atoms with Gasteiger partial charge in [0.2, 0.25) is 5.91 Å². The predicted octanol–water partition coefficient (Wildman–Crippen LogP) is 4.04. The Morgan fingerprint density at radius 2 is 2.08 bits per heavy atom. The van der Waals surface area contributed by atoms with Gasteiger partial charge in [-0.1, -0.05) is 0 Å². The second kappa shape index (κ2) is 8.10. The van der Waals surface area contributed by atoms with Crippen LogP contribution in [0, 0.1) is 5.82 Å². The zero-order valence-electron chi connectivity index (χ0n) is 15.1. The molecule has 2 aromatic heterocycles. The summed E-state index contributed by atoms with van der Waals surface area (Å²) >= 11 is 0. The Morgan fingerprint density at radius 3 is 2.81 bits per heavy atom. The molecule has 1 aromatic carbocycles. The van der Waals surface area contributed by atoms with Gasteiger partial charge in [0.25, 0.3) is 0 Å². The molecule has 3 aromatic rings. The smallest absolute Gasteiger partial charge is 0.225 e. The van der Waals surface area contributed by atoms with Crippen LogP contribution in [0.15, 0.2) is 42.7 Å². The summed E-state index contributed by atoms with van der Waals surface area (Å²) in [4.78, 5) is 21.5. The number of rotatable bonds is 7. The maximum absolute atomic E-state index is 13.3. The highest BCUT2D eigenvalue weighted by molar-refractivity contribution is 5.95. The fraction of sp³-hybridized carbons (Fsp3) is 0.300. The van der Waals surface area contributed by atoms with Crippen molar-refractivity contribution in [1.82, 2.24) is 14.9 Å². The minimum atomic E-state index is -0.271. The van der Waals surface area contributed by atoms with Crippen LogP contribution in [0.2, 0.25) is 0 Å². The van der Waals surface area contributed by atoms with Gasteiger partial charge in [-0.3, -0.25) is 4.79 Å². The Balaban J connectivity index is 1.62. The quantitative estimate of drug-likeness (QED) is 0.630. The number of nitrogens with zero attached hydrogens (tertiary/aromatic N) is 2. The third-order valence-electron chi connectivity index (χ3n) is 4.24. The summed E-state index contributed by atoms with van der Waals surface area (Å²) in [6, 6.07) is 8.35. The second-order valence-corrected chi connectivity index (χ2v) is 6.63. The number of unbranched alkanes of at least 4 members (excludes halogenated alkanes) is 1. The van der Waals surface area contributed by atoms with Gasteiger partial charge in [0.15, 0.2) is 0 Å². The van der Waals surface area contributed by atoms with Gasteiger partial charge >= 0.3 is 0 Å². The van der Waals surface area contributed by atoms with E-state index in [2.05, 4.69) is 20.2 Å². The molecule has 0 bridgehead atoms. The number of aromatic nitrogens is 2. The summed E-state index contributed by atoms with van der Waals surface area (Å²) in [7, 11) is 4.05. The topological polar surface area (TPSA) is 61.0 Å². The molecular formula is C20H23FN4O. The molecule has 0 saturated heterocycles. The standard InChI is InChI=1S/C20H23FN4O/c1-25(2)10-4-3-5-20(26)24-19-9-6-14(12-23-19)17-13-22-18-11-15(21)7-8-16(17)18/h6-9,11-13,22H,3-5,10H2,1-2H3,(H,23,24,26). The third-order valence-corrected chi connectivity index (χ3v) is 4.24. The van der Waals surface area contributed by atoms with Crippen molar-refractivity contribution in [3.63, 3.8) is 0 Å². The van der Waals surface area contributed by atoms with Crippen LogP contribution in [0.3, 0.4) is 0 Å². The lowest BCUT2D eigenvalue weighted by Gasteiger charge is -2.09. The van der Waals surface area contributed by atoms with Crippen molar-refractivity contribution < 1.29 is 9.18 Å². The maximum atomic E-state index is 13.3. The minimum Gasteiger partial charge on any atom is -0.360 e. The molecule has 0 aliphatic heterocycles. The highest BCUT2D eigenvalue weighted by Gasteiger charge is 2.08. The molecule has 0 fully saturated rings. The zero-order chi connectivity index (χ0) is 18.5. The van der Waals surface area contributed by atoms with Crippen LogP contribution in [0.4, 0.5) is 10.2 Å². The van der Waals surface area contributed by atoms with Gasteiger partial charge in [-0.25, -0.2) is 9.37 Å². The number of carbonyl (C=O) groups is 1. The number of aromatic amines is 1. The summed E-state index contributed by atoms with van der Waals surface area (Å²) in [5.41, 5.74) is 2.61. The third kappa shape index (κ3) is 4.46. The van der Waals surface area contributed by atoms with Crippen LogP contribution in [0.1, 0.15) is 19.3 Å². The van der Waals surface area contributed by atoms with Gasteiger partial charge in [0.1, 0.15) is 11.6 Å². The van der Waals surface area contributed by atoms with Crippen molar-refractivity contribution in [2.45, 2.75) is 19.3 Å². The first-order valence-electron chi connectivity index (χ1n) is 8.70. The number of nitrogens with one attached hydrogen (secondary N) is 2. The van der Waals surface area contributed by atoms with E-state index in [1.54, 1.807) is 18.3 Å². The van der Waals surface area contributed by atoms with E-state index in [-0.39, 0.29) is 11.7 Å². The predicted molar refractivity (Wildman–Crippen MR) is 103 cm³/mol. The average Bonchev–Trinajstić information content (AvgIpc) is 3.02. The van der Waals surface area contributed by atoms with Crippen molar-refractivity contribution in [2.75, 3.05) is 26.0 Å². The van der Waals surface area contributed by atoms with E-state index in [9.17, 15) is 9.18 Å². The molecule has 1 amide bonds. The fourth-order valence-corrected chi connectivity index (χ4v) is 2.88. The number of halogens is 1. The van der Waals surface area contributed by atoms with Crippen molar-refractivity contribution >= 4 is 22.6 Å². The number of fused-ring (bicyclic) bond motifs is 1. The van der Waals surface area contributed by atoms with Crippen molar-refractivity contribution in [3.05, 3.63) is 48.5 Å². The molecular weight excluding hydrogens is 331 g/mol. The fourth-order valence-electron chi connectivity index (χ4n) is 2.88. The summed E-state index contributed by atoms with van der Waals surface area (Å²) in [5.74, 6) is 0.247. The van der Waals surface area contributed by atoms with Crippen LogP contribution < -0.4 is 5.32 Å². The molecule has 5 nitrogen and oxygen atoms in total. The molecule has 2 N–H and O–H groups in total. The van der Waals surface area contributed by atoms with Crippen LogP contribution in [-0.2, 0) is 4.79 Å². The van der Waals surface area contributed by atoms with E-state index in [0.29, 0.717) is 12.2 Å². The van der Waals surface area contributed by atoms with Crippen molar-refractivity contribution in [1.29, 1.82) is 0 Å². The van der Waals surface area contributed by atoms with Crippen molar-refractivity contribution in [3.8, 4) is 11.1 Å². The number of hydrogen-bond donors (Lipinski definition) is 2. The summed E-state index contributed by atoms with van der Waals surface area (Å²) in [6.45, 7) is 0.981. The number of hydrogen-bond acceptors (Lipinski definition) is 3. The molecule has 0 atom stereocenters. The molecule has 6 heteroatoms. The van der Waals surface area contributed by atoms with E-state index in [1.165, 1.54) is 12.1 Å². The Morgan fingerprint density at radius 1 is 1.23 bits per heavy atom. The van der Waals surface area contributed by atoms with E-state index >= 15 is 0 Å². The number of carbonyl (C=O) groups excluding carboxylic acids is 1. The van der Waals surface area contributed by atoms with Gasteiger partial charge < -0.3 is 15.2 Å². The number of benzene rings is 1. The largest absolute Gasteiger partial charge is 0.360 e. The van der Waals surface area contributed by atoms with Crippen LogP contribution >= 0.6 is 0 Å². The van der Waals surface area contributed by atoms with Gasteiger partial charge in [-0.2, -0.15) is 0 Å². The first-order valence-corrected chi connectivity index (χ1v) is 8.70. The summed E-state index contributed by atoms with van der Waals surface area (Å²) in [6.07, 6.45) is 5.89. The highest BCUT2D eigenvalue weighted by atomic mass is 19.1. The highest BCUT2D eigenvalue weighted by Crippen LogP contribution is 2.29. The first-order chi connectivity index (χ1) is 12.5. The van der Waals surface area contributed by atoms with E-state index in [1.807, 2.05) is 26.4 Å². The lowest BCUT2D eigenvalue weighted by atomic mass is 10.1. The molecule has 0 saturated carbocycles. The Kier molecular flexibility index (Phi) is 5.63. The molecule has 2 heterocycles. The van der Waals surface area contributed by atoms with E-state index in [0.717, 1.165) is 41.4 Å². The lowest BCUT2D eigenvalue weighted by Crippen LogP contribution is -2.15. The lowest BCUT2D eigenvalue weighted by molar-refractivity contribution is -0.116. The molecule has 0 unspecified atom stereocenters. The first kappa shape index (κ1) is 18.1. The van der Waals surface area contributed by atoms with Crippen LogP contribution in [0.25, 0.3) is 22.0 Å². The zero-order valence-corrected chi connectivity index (χ0v) is 15.1. The molecule has 26 heavy (non-hydrogen) atoms. The van der Waals surface area contributed by atoms with Gasteiger partial charge in [0.05, 0.1) is 0 Å². The number of amides is 1. The summed E-state index contributed by atoms with van der Waals surface area (Å²) in [5, 5.41) is 3.76. The van der Waals surface area contributed by atoms with Gasteiger partial charge in [0, 0.05) is 40.8 Å². The molecule has 0 spiro atoms. The monoisotopic (exact) mass is 354 g/mol. The second-order valence-electron chi connectivity index (χ2n) is 6.63. The Hall–Kier alpha value is -2.73. The summed E-state index contributed by atoms with van der Waals surface area (Å²) < 4.78 is 13.3. The minimum absolute atomic E-state index is 0.0217. The van der Waals surface area contributed by atoms with Gasteiger partial charge in [-0.05, 0) is 63.8 Å². The number of H-pyrrole nitrogens is 1. The molecule has 3 rings (SSSR count). The maximum Gasteiger partial charge on any atom is 0.225 e. The SMILES string of the molecule is CN(C)CCCCC(=O)Nc1ccc(-c2c[nH]c3cc(F)ccc23)cn1. The average molecular weight is 354 g/mol. The molecule has 136 valence electrons. The van der Waals surface area contributed by atoms with E-state index in [4.69, 9.17) is 0 Å². The normalized spacial score (nSPS) is 11.2. The Bertz CT molecular complexity index is 886. The van der Waals surface area contributed by atoms with E-state index < -0.39 is 0 Å². The number of pyridine rings is 1. The molecule has 0 aliphatic rings. The number of anilines is 1. The van der Waals surface area contributed by atoms with Crippen LogP contribution in [0.5, 0.6) is 0 Å². The molecule has 0 aliphatic carbocycles. The Labute approximate surface area is 152 Å². The molecule has 0 radical (unpaired) electrons. The van der Waals surface area contributed by atoms with Crippen molar-refractivity contribution in [2.24, 2.45) is 0 Å². The van der Waals surface area contributed by atoms with Crippen LogP contribution in [-0.4, -0.2) is 41.4 Å².